The summed E-state index contributed by atoms with van der Waals surface area (Å²) in [5.41, 5.74) is 0.0233. The van der Waals surface area contributed by atoms with E-state index in [0.29, 0.717) is 12.5 Å². The second-order valence-electron chi connectivity index (χ2n) is 6.11. The predicted octanol–water partition coefficient (Wildman–Crippen LogP) is 1.32. The summed E-state index contributed by atoms with van der Waals surface area (Å²) >= 11 is 0. The van der Waals surface area contributed by atoms with Crippen molar-refractivity contribution in [2.45, 2.75) is 45.8 Å². The molecule has 0 bridgehead atoms. The van der Waals surface area contributed by atoms with E-state index in [4.69, 9.17) is 18.8 Å². The van der Waals surface area contributed by atoms with E-state index in [-0.39, 0.29) is 6.61 Å². The summed E-state index contributed by atoms with van der Waals surface area (Å²) in [6.07, 6.45) is 1.63. The Morgan fingerprint density at radius 1 is 1.23 bits per heavy atom. The molecule has 2 rings (SSSR count). The van der Waals surface area contributed by atoms with Gasteiger partial charge in [0.25, 0.3) is 0 Å². The zero-order valence-corrected chi connectivity index (χ0v) is 13.7. The Kier molecular flexibility index (Phi) is 4.77. The monoisotopic (exact) mass is 307 g/mol. The highest BCUT2D eigenvalue weighted by atomic mass is 16.7. The smallest absolute Gasteiger partial charge is 0.466 e. The molecule has 6 nitrogen and oxygen atoms in total. The maximum absolute atomic E-state index is 11.2. The molecule has 0 aromatic carbocycles. The molecule has 0 unspecified atom stereocenters. The van der Waals surface area contributed by atoms with Gasteiger partial charge < -0.3 is 18.8 Å². The van der Waals surface area contributed by atoms with Crippen molar-refractivity contribution in [1.82, 2.24) is 4.98 Å². The van der Waals surface area contributed by atoms with Crippen LogP contribution in [0.5, 0.6) is 5.88 Å². The van der Waals surface area contributed by atoms with Crippen LogP contribution in [0.4, 0.5) is 0 Å². The highest BCUT2D eigenvalue weighted by Gasteiger charge is 2.51. The molecule has 1 aromatic rings. The molecule has 1 aliphatic heterocycles. The van der Waals surface area contributed by atoms with Crippen LogP contribution < -0.4 is 10.2 Å². The Balaban J connectivity index is 1.97. The Hall–Kier alpha value is -1.60. The number of carbonyl (C=O) groups is 1. The third kappa shape index (κ3) is 3.59. The molecule has 120 valence electrons. The van der Waals surface area contributed by atoms with Crippen molar-refractivity contribution in [2.75, 3.05) is 13.2 Å². The van der Waals surface area contributed by atoms with Gasteiger partial charge in [0.1, 0.15) is 0 Å². The minimum absolute atomic E-state index is 0.156. The van der Waals surface area contributed by atoms with Gasteiger partial charge in [0.15, 0.2) is 6.61 Å². The molecular weight excluding hydrogens is 285 g/mol. The van der Waals surface area contributed by atoms with E-state index in [2.05, 4.69) is 4.98 Å². The molecule has 1 aliphatic rings. The highest BCUT2D eigenvalue weighted by molar-refractivity contribution is 6.62. The van der Waals surface area contributed by atoms with Crippen molar-refractivity contribution >= 4 is 18.6 Å². The molecule has 1 saturated heterocycles. The molecule has 0 N–H and O–H groups in total. The molecule has 0 spiro atoms. The molecule has 0 amide bonds. The standard InChI is InChI=1S/C15H22BNO5/c1-6-19-13(18)10-20-12-8-7-11(9-17-12)16-21-14(2,3)15(4,5)22-16/h7-9H,6,10H2,1-5H3. The summed E-state index contributed by atoms with van der Waals surface area (Å²) in [6, 6.07) is 3.50. The molecular formula is C15H22BNO5. The maximum Gasteiger partial charge on any atom is 0.496 e. The molecule has 22 heavy (non-hydrogen) atoms. The second kappa shape index (κ2) is 6.26. The van der Waals surface area contributed by atoms with Crippen LogP contribution in [0, 0.1) is 0 Å². The number of hydrogen-bond donors (Lipinski definition) is 0. The van der Waals surface area contributed by atoms with Gasteiger partial charge in [0, 0.05) is 11.7 Å². The number of hydrogen-bond acceptors (Lipinski definition) is 6. The van der Waals surface area contributed by atoms with E-state index in [9.17, 15) is 4.79 Å². The van der Waals surface area contributed by atoms with Gasteiger partial charge in [-0.05, 0) is 40.7 Å². The molecule has 0 aliphatic carbocycles. The molecule has 0 radical (unpaired) electrons. The van der Waals surface area contributed by atoms with Crippen molar-refractivity contribution < 1.29 is 23.6 Å². The van der Waals surface area contributed by atoms with Crippen molar-refractivity contribution in [1.29, 1.82) is 0 Å². The minimum Gasteiger partial charge on any atom is -0.466 e. The number of carbonyl (C=O) groups excluding carboxylic acids is 1. The predicted molar refractivity (Wildman–Crippen MR) is 82.1 cm³/mol. The quantitative estimate of drug-likeness (QED) is 0.604. The van der Waals surface area contributed by atoms with E-state index >= 15 is 0 Å². The SMILES string of the molecule is CCOC(=O)COc1ccc(B2OC(C)(C)C(C)(C)O2)cn1. The third-order valence-electron chi connectivity index (χ3n) is 3.93. The van der Waals surface area contributed by atoms with Gasteiger partial charge in [-0.1, -0.05) is 6.07 Å². The van der Waals surface area contributed by atoms with E-state index in [1.54, 1.807) is 19.2 Å². The molecule has 2 heterocycles. The zero-order chi connectivity index (χ0) is 16.4. The van der Waals surface area contributed by atoms with Crippen molar-refractivity contribution in [3.05, 3.63) is 18.3 Å². The lowest BCUT2D eigenvalue weighted by Crippen LogP contribution is -2.41. The number of aromatic nitrogens is 1. The van der Waals surface area contributed by atoms with E-state index in [1.807, 2.05) is 33.8 Å². The van der Waals surface area contributed by atoms with Crippen LogP contribution in [0.1, 0.15) is 34.6 Å². The molecule has 0 atom stereocenters. The van der Waals surface area contributed by atoms with Crippen molar-refractivity contribution in [3.8, 4) is 5.88 Å². The second-order valence-corrected chi connectivity index (χ2v) is 6.11. The fraction of sp³-hybridized carbons (Fsp3) is 0.600. The maximum atomic E-state index is 11.2. The lowest BCUT2D eigenvalue weighted by Gasteiger charge is -2.32. The van der Waals surface area contributed by atoms with Gasteiger partial charge in [0.2, 0.25) is 5.88 Å². The molecule has 7 heteroatoms. The van der Waals surface area contributed by atoms with Crippen LogP contribution in [0.2, 0.25) is 0 Å². The highest BCUT2D eigenvalue weighted by Crippen LogP contribution is 2.36. The Morgan fingerprint density at radius 3 is 2.36 bits per heavy atom. The third-order valence-corrected chi connectivity index (χ3v) is 3.93. The molecule has 1 fully saturated rings. The van der Waals surface area contributed by atoms with Crippen LogP contribution in [0.3, 0.4) is 0 Å². The number of ether oxygens (including phenoxy) is 2. The van der Waals surface area contributed by atoms with Crippen molar-refractivity contribution in [3.63, 3.8) is 0 Å². The molecule has 1 aromatic heterocycles. The number of rotatable bonds is 5. The first-order valence-electron chi connectivity index (χ1n) is 7.35. The van der Waals surface area contributed by atoms with E-state index in [0.717, 1.165) is 5.46 Å². The first kappa shape index (κ1) is 16.8. The summed E-state index contributed by atoms with van der Waals surface area (Å²) in [7, 11) is -0.461. The first-order valence-corrected chi connectivity index (χ1v) is 7.35. The number of pyridine rings is 1. The fourth-order valence-electron chi connectivity index (χ4n) is 1.93. The average Bonchev–Trinajstić information content (AvgIpc) is 2.66. The Labute approximate surface area is 131 Å². The number of esters is 1. The lowest BCUT2D eigenvalue weighted by atomic mass is 9.80. The van der Waals surface area contributed by atoms with Gasteiger partial charge in [-0.2, -0.15) is 0 Å². The lowest BCUT2D eigenvalue weighted by molar-refractivity contribution is -0.145. The Morgan fingerprint density at radius 2 is 1.86 bits per heavy atom. The minimum atomic E-state index is -0.461. The normalized spacial score (nSPS) is 19.0. The van der Waals surface area contributed by atoms with Crippen LogP contribution in [-0.2, 0) is 18.8 Å². The van der Waals surface area contributed by atoms with Crippen LogP contribution in [0.15, 0.2) is 18.3 Å². The summed E-state index contributed by atoms with van der Waals surface area (Å²) in [4.78, 5) is 15.4. The van der Waals surface area contributed by atoms with Gasteiger partial charge >= 0.3 is 13.1 Å². The summed E-state index contributed by atoms with van der Waals surface area (Å²) in [5, 5.41) is 0. The Bertz CT molecular complexity index is 513. The zero-order valence-electron chi connectivity index (χ0n) is 13.7. The van der Waals surface area contributed by atoms with Crippen LogP contribution >= 0.6 is 0 Å². The van der Waals surface area contributed by atoms with Crippen molar-refractivity contribution in [2.24, 2.45) is 0 Å². The van der Waals surface area contributed by atoms with E-state index in [1.165, 1.54) is 0 Å². The van der Waals surface area contributed by atoms with E-state index < -0.39 is 24.3 Å². The summed E-state index contributed by atoms with van der Waals surface area (Å²) in [5.74, 6) is -0.0624. The topological polar surface area (TPSA) is 66.9 Å². The van der Waals surface area contributed by atoms with Gasteiger partial charge in [-0.15, -0.1) is 0 Å². The van der Waals surface area contributed by atoms with Crippen LogP contribution in [0.25, 0.3) is 0 Å². The summed E-state index contributed by atoms with van der Waals surface area (Å²) < 4.78 is 21.9. The van der Waals surface area contributed by atoms with Gasteiger partial charge in [-0.25, -0.2) is 9.78 Å². The van der Waals surface area contributed by atoms with Gasteiger partial charge in [0.05, 0.1) is 17.8 Å². The number of nitrogens with zero attached hydrogens (tertiary/aromatic N) is 1. The first-order chi connectivity index (χ1) is 10.2. The summed E-state index contributed by atoms with van der Waals surface area (Å²) in [6.45, 7) is 9.91. The largest absolute Gasteiger partial charge is 0.496 e. The molecule has 0 saturated carbocycles. The van der Waals surface area contributed by atoms with Crippen LogP contribution in [-0.4, -0.2) is 42.5 Å². The average molecular weight is 307 g/mol. The van der Waals surface area contributed by atoms with Gasteiger partial charge in [-0.3, -0.25) is 0 Å². The fourth-order valence-corrected chi connectivity index (χ4v) is 1.93.